The molecule has 1 rings (SSSR count). The molecule has 84 valence electrons. The normalized spacial score (nSPS) is 23.7. The van der Waals surface area contributed by atoms with Crippen LogP contribution >= 0.6 is 31.9 Å². The quantitative estimate of drug-likeness (QED) is 0.724. The van der Waals surface area contributed by atoms with Gasteiger partial charge in [0, 0.05) is 6.08 Å². The van der Waals surface area contributed by atoms with Crippen molar-refractivity contribution >= 4 is 37.8 Å². The van der Waals surface area contributed by atoms with E-state index < -0.39 is 32.3 Å². The van der Waals surface area contributed by atoms with E-state index in [1.54, 1.807) is 0 Å². The van der Waals surface area contributed by atoms with Gasteiger partial charge in [-0.3, -0.25) is 4.79 Å². The summed E-state index contributed by atoms with van der Waals surface area (Å²) in [4.78, 5) is 10.6. The molecule has 0 saturated carbocycles. The zero-order valence-corrected chi connectivity index (χ0v) is 10.0. The fourth-order valence-electron chi connectivity index (χ4n) is 0.964. The summed E-state index contributed by atoms with van der Waals surface area (Å²) in [5, 5.41) is 0. The van der Waals surface area contributed by atoms with Crippen LogP contribution < -0.4 is 5.73 Å². The first-order valence-electron chi connectivity index (χ1n) is 3.45. The number of carbonyl (C=O) groups is 1. The average Bonchev–Trinajstić information content (AvgIpc) is 2.09. The molecule has 2 N–H and O–H groups in total. The van der Waals surface area contributed by atoms with Crippen molar-refractivity contribution in [2.45, 2.75) is 11.8 Å². The van der Waals surface area contributed by atoms with Crippen molar-refractivity contribution < 1.29 is 22.4 Å². The van der Waals surface area contributed by atoms with Crippen LogP contribution in [0, 0.1) is 0 Å². The number of amides is 1. The zero-order chi connectivity index (χ0) is 12.0. The van der Waals surface area contributed by atoms with Crippen LogP contribution in [0.15, 0.2) is 20.6 Å². The van der Waals surface area contributed by atoms with Gasteiger partial charge in [0.15, 0.2) is 0 Å². The van der Waals surface area contributed by atoms with Gasteiger partial charge in [0.25, 0.3) is 11.8 Å². The van der Waals surface area contributed by atoms with Gasteiger partial charge in [0.05, 0.1) is 14.5 Å². The maximum atomic E-state index is 13.3. The van der Waals surface area contributed by atoms with E-state index in [0.29, 0.717) is 0 Å². The number of halogens is 6. The Morgan fingerprint density at radius 1 is 1.20 bits per heavy atom. The lowest BCUT2D eigenvalue weighted by Crippen LogP contribution is -2.37. The third-order valence-corrected chi connectivity index (χ3v) is 4.04. The Bertz CT molecular complexity index is 388. The molecule has 1 aliphatic carbocycles. The lowest BCUT2D eigenvalue weighted by molar-refractivity contribution is -0.117. The number of allylic oxidation sites excluding steroid dienone is 3. The molecule has 0 unspecified atom stereocenters. The molecule has 0 saturated heterocycles. The van der Waals surface area contributed by atoms with Gasteiger partial charge in [0.1, 0.15) is 0 Å². The predicted octanol–water partition coefficient (Wildman–Crippen LogP) is 2.68. The molecule has 0 radical (unpaired) electrons. The summed E-state index contributed by atoms with van der Waals surface area (Å²) >= 11 is 4.65. The highest BCUT2D eigenvalue weighted by molar-refractivity contribution is 9.14. The molecule has 0 heterocycles. The molecule has 1 amide bonds. The number of rotatable bonds is 1. The third-order valence-electron chi connectivity index (χ3n) is 1.69. The highest BCUT2D eigenvalue weighted by Gasteiger charge is 2.52. The summed E-state index contributed by atoms with van der Waals surface area (Å²) in [5.74, 6) is -9.10. The van der Waals surface area contributed by atoms with Crippen LogP contribution in [-0.4, -0.2) is 17.8 Å². The maximum absolute atomic E-state index is 13.3. The fourth-order valence-corrected chi connectivity index (χ4v) is 1.80. The van der Waals surface area contributed by atoms with E-state index in [1.165, 1.54) is 0 Å². The first-order chi connectivity index (χ1) is 6.60. The van der Waals surface area contributed by atoms with Crippen LogP contribution in [0.5, 0.6) is 0 Å². The van der Waals surface area contributed by atoms with Crippen LogP contribution in [0.25, 0.3) is 0 Å². The minimum atomic E-state index is -3.84. The summed E-state index contributed by atoms with van der Waals surface area (Å²) in [6.07, 6.45) is -0.149. The number of alkyl halides is 4. The van der Waals surface area contributed by atoms with Gasteiger partial charge >= 0.3 is 5.92 Å². The largest absolute Gasteiger partial charge is 0.366 e. The van der Waals surface area contributed by atoms with E-state index in [0.717, 1.165) is 0 Å². The van der Waals surface area contributed by atoms with Crippen LogP contribution in [0.1, 0.15) is 0 Å². The smallest absolute Gasteiger partial charge is 0.310 e. The van der Waals surface area contributed by atoms with Gasteiger partial charge < -0.3 is 5.73 Å². The molecule has 15 heavy (non-hydrogen) atoms. The van der Waals surface area contributed by atoms with E-state index >= 15 is 0 Å². The molecular formula is C7H3Br2F4NO. The molecule has 0 spiro atoms. The van der Waals surface area contributed by atoms with Crippen LogP contribution in [0.4, 0.5) is 17.6 Å². The molecule has 8 heteroatoms. The summed E-state index contributed by atoms with van der Waals surface area (Å²) in [6.45, 7) is 0. The van der Waals surface area contributed by atoms with E-state index in [9.17, 15) is 22.4 Å². The predicted molar refractivity (Wildman–Crippen MR) is 52.1 cm³/mol. The topological polar surface area (TPSA) is 43.1 Å². The third kappa shape index (κ3) is 1.96. The Hall–Kier alpha value is -0.370. The van der Waals surface area contributed by atoms with Crippen LogP contribution in [-0.2, 0) is 4.79 Å². The molecule has 0 atom stereocenters. The van der Waals surface area contributed by atoms with E-state index in [2.05, 4.69) is 37.6 Å². The number of hydrogen-bond donors (Lipinski definition) is 1. The molecule has 0 bridgehead atoms. The summed E-state index contributed by atoms with van der Waals surface area (Å²) < 4.78 is 50.5. The zero-order valence-electron chi connectivity index (χ0n) is 6.83. The molecule has 0 fully saturated rings. The first-order valence-corrected chi connectivity index (χ1v) is 5.04. The Morgan fingerprint density at radius 2 is 1.67 bits per heavy atom. The fraction of sp³-hybridized carbons (Fsp3) is 0.286. The van der Waals surface area contributed by atoms with Crippen molar-refractivity contribution in [3.8, 4) is 0 Å². The first kappa shape index (κ1) is 12.7. The van der Waals surface area contributed by atoms with E-state index in [1.807, 2.05) is 0 Å². The minimum absolute atomic E-state index is 0.149. The Labute approximate surface area is 98.4 Å². The van der Waals surface area contributed by atoms with Gasteiger partial charge in [-0.05, 0) is 31.9 Å². The Morgan fingerprint density at radius 3 is 2.07 bits per heavy atom. The molecule has 0 aromatic heterocycles. The SMILES string of the molecule is NC(=O)C1=CC(F)(F)C(Br)=C(Br)C1(F)F. The molecular weight excluding hydrogens is 350 g/mol. The van der Waals surface area contributed by atoms with Crippen molar-refractivity contribution in [3.63, 3.8) is 0 Å². The lowest BCUT2D eigenvalue weighted by Gasteiger charge is -2.27. The second kappa shape index (κ2) is 3.58. The molecule has 1 aliphatic rings. The molecule has 2 nitrogen and oxygen atoms in total. The minimum Gasteiger partial charge on any atom is -0.366 e. The van der Waals surface area contributed by atoms with Crippen molar-refractivity contribution in [1.29, 1.82) is 0 Å². The van der Waals surface area contributed by atoms with Crippen LogP contribution in [0.2, 0.25) is 0 Å². The monoisotopic (exact) mass is 351 g/mol. The number of carbonyl (C=O) groups excluding carboxylic acids is 1. The Balaban J connectivity index is 3.41. The average molecular weight is 353 g/mol. The number of hydrogen-bond acceptors (Lipinski definition) is 1. The van der Waals surface area contributed by atoms with Crippen LogP contribution in [0.3, 0.4) is 0 Å². The number of nitrogens with two attached hydrogens (primary N) is 1. The van der Waals surface area contributed by atoms with Crippen molar-refractivity contribution in [2.24, 2.45) is 5.73 Å². The van der Waals surface area contributed by atoms with Crippen molar-refractivity contribution in [2.75, 3.05) is 0 Å². The van der Waals surface area contributed by atoms with Gasteiger partial charge in [-0.2, -0.15) is 17.6 Å². The maximum Gasteiger partial charge on any atom is 0.310 e. The van der Waals surface area contributed by atoms with Crippen molar-refractivity contribution in [3.05, 3.63) is 20.6 Å². The van der Waals surface area contributed by atoms with Gasteiger partial charge in [0.2, 0.25) is 0 Å². The standard InChI is InChI=1S/C7H3Br2F4NO/c8-3-4(9)7(12,13)2(5(14)15)1-6(3,10)11/h1H,(H2,14,15). The highest BCUT2D eigenvalue weighted by Crippen LogP contribution is 2.49. The molecule has 0 aliphatic heterocycles. The van der Waals surface area contributed by atoms with Gasteiger partial charge in [-0.1, -0.05) is 0 Å². The summed E-state index contributed by atoms with van der Waals surface area (Å²) in [7, 11) is 0. The van der Waals surface area contributed by atoms with Crippen molar-refractivity contribution in [1.82, 2.24) is 0 Å². The molecule has 0 aromatic rings. The second-order valence-corrected chi connectivity index (χ2v) is 4.33. The highest BCUT2D eigenvalue weighted by atomic mass is 79.9. The van der Waals surface area contributed by atoms with E-state index in [4.69, 9.17) is 0 Å². The molecule has 0 aromatic carbocycles. The Kier molecular flexibility index (Phi) is 3.03. The van der Waals surface area contributed by atoms with Gasteiger partial charge in [-0.25, -0.2) is 0 Å². The summed E-state index contributed by atoms with van der Waals surface area (Å²) in [6, 6.07) is 0. The van der Waals surface area contributed by atoms with E-state index in [-0.39, 0.29) is 6.08 Å². The second-order valence-electron chi connectivity index (χ2n) is 2.75. The van der Waals surface area contributed by atoms with Gasteiger partial charge in [-0.15, -0.1) is 0 Å². The lowest BCUT2D eigenvalue weighted by atomic mass is 9.99. The summed E-state index contributed by atoms with van der Waals surface area (Å²) in [5.41, 5.74) is 3.16. The number of primary amides is 1.